The van der Waals surface area contributed by atoms with Crippen LogP contribution in [0.15, 0.2) is 48.5 Å². The van der Waals surface area contributed by atoms with Crippen molar-refractivity contribution in [3.05, 3.63) is 65.2 Å². The van der Waals surface area contributed by atoms with Crippen molar-refractivity contribution in [3.8, 4) is 0 Å². The first kappa shape index (κ1) is 13.4. The molecule has 0 fully saturated rings. The van der Waals surface area contributed by atoms with Crippen LogP contribution in [0.5, 0.6) is 0 Å². The normalized spacial score (nSPS) is 12.7. The Morgan fingerprint density at radius 3 is 2.71 bits per heavy atom. The number of hydrogen-bond acceptors (Lipinski definition) is 3. The average Bonchev–Trinajstić information content (AvgIpc) is 2.88. The van der Waals surface area contributed by atoms with Crippen LogP contribution in [0.3, 0.4) is 0 Å². The van der Waals surface area contributed by atoms with Gasteiger partial charge in [-0.25, -0.2) is 0 Å². The number of ether oxygens (including phenoxy) is 1. The van der Waals surface area contributed by atoms with Gasteiger partial charge in [0.05, 0.1) is 12.8 Å². The molecule has 0 bridgehead atoms. The van der Waals surface area contributed by atoms with Gasteiger partial charge in [-0.1, -0.05) is 48.5 Å². The number of rotatable bonds is 4. The van der Waals surface area contributed by atoms with Crippen LogP contribution in [0, 0.1) is 0 Å². The highest BCUT2D eigenvalue weighted by atomic mass is 16.5. The van der Waals surface area contributed by atoms with Crippen LogP contribution in [-0.2, 0) is 33.8 Å². The number of para-hydroxylation sites is 1. The first-order chi connectivity index (χ1) is 10.2. The van der Waals surface area contributed by atoms with Crippen LogP contribution in [0.25, 0.3) is 0 Å². The summed E-state index contributed by atoms with van der Waals surface area (Å²) < 4.78 is 5.27. The molecule has 3 rings (SSSR count). The van der Waals surface area contributed by atoms with Crippen LogP contribution < -0.4 is 5.32 Å². The van der Waals surface area contributed by atoms with Crippen LogP contribution in [-0.4, -0.2) is 11.9 Å². The molecule has 1 N–H and O–H groups in total. The van der Waals surface area contributed by atoms with Crippen molar-refractivity contribution >= 4 is 17.6 Å². The first-order valence-electron chi connectivity index (χ1n) is 6.82. The van der Waals surface area contributed by atoms with Gasteiger partial charge in [-0.2, -0.15) is 0 Å². The Morgan fingerprint density at radius 2 is 1.90 bits per heavy atom. The molecule has 0 atom stereocenters. The molecule has 0 unspecified atom stereocenters. The molecule has 4 nitrogen and oxygen atoms in total. The maximum atomic E-state index is 11.9. The number of anilines is 1. The van der Waals surface area contributed by atoms with Gasteiger partial charge in [-0.15, -0.1) is 0 Å². The first-order valence-corrected chi connectivity index (χ1v) is 6.82. The molecule has 1 aliphatic heterocycles. The molecule has 21 heavy (non-hydrogen) atoms. The summed E-state index contributed by atoms with van der Waals surface area (Å²) in [6.07, 6.45) is 0.540. The van der Waals surface area contributed by atoms with Gasteiger partial charge in [0.25, 0.3) is 0 Å². The molecule has 1 amide bonds. The summed E-state index contributed by atoms with van der Waals surface area (Å²) in [5, 5.41) is 2.80. The number of amides is 1. The number of benzene rings is 2. The minimum absolute atomic E-state index is 0.0323. The van der Waals surface area contributed by atoms with Gasteiger partial charge in [0.1, 0.15) is 6.61 Å². The summed E-state index contributed by atoms with van der Waals surface area (Å²) in [6.45, 7) is 0.265. The van der Waals surface area contributed by atoms with Crippen LogP contribution >= 0.6 is 0 Å². The maximum absolute atomic E-state index is 11.9. The van der Waals surface area contributed by atoms with Crippen molar-refractivity contribution < 1.29 is 14.3 Å². The van der Waals surface area contributed by atoms with E-state index in [-0.39, 0.29) is 24.9 Å². The van der Waals surface area contributed by atoms with Crippen molar-refractivity contribution in [1.29, 1.82) is 0 Å². The fraction of sp³-hybridized carbons (Fsp3) is 0.176. The monoisotopic (exact) mass is 281 g/mol. The molecule has 0 saturated heterocycles. The van der Waals surface area contributed by atoms with Gasteiger partial charge >= 0.3 is 5.97 Å². The molecule has 106 valence electrons. The quantitative estimate of drug-likeness (QED) is 0.876. The molecule has 0 saturated carbocycles. The lowest BCUT2D eigenvalue weighted by atomic mass is 10.1. The van der Waals surface area contributed by atoms with Gasteiger partial charge in [0.2, 0.25) is 5.91 Å². The van der Waals surface area contributed by atoms with E-state index >= 15 is 0 Å². The van der Waals surface area contributed by atoms with Crippen molar-refractivity contribution in [3.63, 3.8) is 0 Å². The second kappa shape index (κ2) is 5.79. The van der Waals surface area contributed by atoms with Crippen molar-refractivity contribution in [2.45, 2.75) is 19.4 Å². The summed E-state index contributed by atoms with van der Waals surface area (Å²) in [4.78, 5) is 23.4. The Bertz CT molecular complexity index is 680. The number of nitrogens with one attached hydrogen (secondary N) is 1. The number of carbonyl (C=O) groups excluding carboxylic acids is 2. The number of carbonyl (C=O) groups is 2. The molecular weight excluding hydrogens is 266 g/mol. The zero-order chi connectivity index (χ0) is 14.7. The van der Waals surface area contributed by atoms with Crippen LogP contribution in [0.1, 0.15) is 16.7 Å². The zero-order valence-electron chi connectivity index (χ0n) is 11.5. The molecule has 0 aliphatic carbocycles. The van der Waals surface area contributed by atoms with E-state index in [2.05, 4.69) is 5.32 Å². The molecule has 1 heterocycles. The van der Waals surface area contributed by atoms with E-state index in [0.717, 1.165) is 22.4 Å². The molecule has 0 aromatic heterocycles. The summed E-state index contributed by atoms with van der Waals surface area (Å²) in [6, 6.07) is 15.1. The van der Waals surface area contributed by atoms with Crippen LogP contribution in [0.4, 0.5) is 5.69 Å². The minimum atomic E-state index is -0.298. The number of hydrogen-bond donors (Lipinski definition) is 1. The Balaban J connectivity index is 1.64. The van der Waals surface area contributed by atoms with Crippen molar-refractivity contribution in [2.24, 2.45) is 0 Å². The highest BCUT2D eigenvalue weighted by Gasteiger charge is 2.21. The van der Waals surface area contributed by atoms with Gasteiger partial charge in [-0.3, -0.25) is 9.59 Å². The molecule has 2 aromatic carbocycles. The topological polar surface area (TPSA) is 55.4 Å². The van der Waals surface area contributed by atoms with E-state index < -0.39 is 0 Å². The van der Waals surface area contributed by atoms with Crippen molar-refractivity contribution in [1.82, 2.24) is 0 Å². The SMILES string of the molecule is O=C1Cc2cccc(CC(=O)OCc3ccccc3)c2N1. The highest BCUT2D eigenvalue weighted by molar-refractivity contribution is 6.00. The van der Waals surface area contributed by atoms with E-state index in [1.54, 1.807) is 0 Å². The predicted octanol–water partition coefficient (Wildman–Crippen LogP) is 2.47. The Morgan fingerprint density at radius 1 is 1.10 bits per heavy atom. The molecule has 0 spiro atoms. The van der Waals surface area contributed by atoms with Gasteiger partial charge in [0.15, 0.2) is 0 Å². The lowest BCUT2D eigenvalue weighted by Crippen LogP contribution is -2.10. The average molecular weight is 281 g/mol. The highest BCUT2D eigenvalue weighted by Crippen LogP contribution is 2.27. The Kier molecular flexibility index (Phi) is 3.69. The summed E-state index contributed by atoms with van der Waals surface area (Å²) in [5.41, 5.74) is 3.46. The second-order valence-corrected chi connectivity index (χ2v) is 5.00. The maximum Gasteiger partial charge on any atom is 0.310 e. The predicted molar refractivity (Wildman–Crippen MR) is 78.7 cm³/mol. The van der Waals surface area contributed by atoms with E-state index in [4.69, 9.17) is 4.74 Å². The summed E-state index contributed by atoms with van der Waals surface area (Å²) in [7, 11) is 0. The van der Waals surface area contributed by atoms with Gasteiger partial charge < -0.3 is 10.1 Å². The third-order valence-corrected chi connectivity index (χ3v) is 3.43. The fourth-order valence-electron chi connectivity index (χ4n) is 2.41. The van der Waals surface area contributed by atoms with E-state index in [0.29, 0.717) is 6.42 Å². The molecule has 1 aliphatic rings. The largest absolute Gasteiger partial charge is 0.461 e. The number of fused-ring (bicyclic) bond motifs is 1. The minimum Gasteiger partial charge on any atom is -0.461 e. The Hall–Kier alpha value is -2.62. The Labute approximate surface area is 122 Å². The van der Waals surface area contributed by atoms with Gasteiger partial charge in [-0.05, 0) is 16.7 Å². The fourth-order valence-corrected chi connectivity index (χ4v) is 2.41. The molecular formula is C17H15NO3. The molecule has 4 heteroatoms. The van der Waals surface area contributed by atoms with Crippen molar-refractivity contribution in [2.75, 3.05) is 5.32 Å². The second-order valence-electron chi connectivity index (χ2n) is 5.00. The lowest BCUT2D eigenvalue weighted by Gasteiger charge is -2.08. The number of esters is 1. The van der Waals surface area contributed by atoms with Crippen LogP contribution in [0.2, 0.25) is 0 Å². The standard InChI is InChI=1S/C17H15NO3/c19-15-9-13-7-4-8-14(17(13)18-15)10-16(20)21-11-12-5-2-1-3-6-12/h1-8H,9-11H2,(H,18,19). The third-order valence-electron chi connectivity index (χ3n) is 3.43. The third kappa shape index (κ3) is 3.11. The lowest BCUT2D eigenvalue weighted by molar-refractivity contribution is -0.144. The smallest absolute Gasteiger partial charge is 0.310 e. The van der Waals surface area contributed by atoms with E-state index in [1.165, 1.54) is 0 Å². The van der Waals surface area contributed by atoms with Gasteiger partial charge in [0, 0.05) is 5.69 Å². The summed E-state index contributed by atoms with van der Waals surface area (Å²) in [5.74, 6) is -0.330. The zero-order valence-corrected chi connectivity index (χ0v) is 11.5. The molecule has 0 radical (unpaired) electrons. The van der Waals surface area contributed by atoms with E-state index in [1.807, 2.05) is 48.5 Å². The van der Waals surface area contributed by atoms with E-state index in [9.17, 15) is 9.59 Å². The molecule has 2 aromatic rings. The summed E-state index contributed by atoms with van der Waals surface area (Å²) >= 11 is 0.